The van der Waals surface area contributed by atoms with E-state index in [0.29, 0.717) is 35.6 Å². The third-order valence-electron chi connectivity index (χ3n) is 3.88. The number of amides is 1. The van der Waals surface area contributed by atoms with Gasteiger partial charge in [-0.05, 0) is 37.3 Å². The van der Waals surface area contributed by atoms with Gasteiger partial charge in [-0.15, -0.1) is 0 Å². The molecule has 0 saturated heterocycles. The summed E-state index contributed by atoms with van der Waals surface area (Å²) in [5.41, 5.74) is 0.0958. The molecule has 3 rings (SSSR count). The molecule has 6 nitrogen and oxygen atoms in total. The highest BCUT2D eigenvalue weighted by molar-refractivity contribution is 9.10. The summed E-state index contributed by atoms with van der Waals surface area (Å²) in [6.45, 7) is 2.27. The van der Waals surface area contributed by atoms with E-state index in [9.17, 15) is 14.0 Å². The lowest BCUT2D eigenvalue weighted by Gasteiger charge is -2.15. The largest absolute Gasteiger partial charge is 0.489 e. The molecule has 28 heavy (non-hydrogen) atoms. The Hall–Kier alpha value is -2.32. The first kappa shape index (κ1) is 20.4. The van der Waals surface area contributed by atoms with Crippen molar-refractivity contribution in [2.24, 2.45) is 0 Å². The average Bonchev–Trinajstić information content (AvgIpc) is 2.89. The van der Waals surface area contributed by atoms with Crippen LogP contribution in [0.3, 0.4) is 0 Å². The zero-order valence-corrected chi connectivity index (χ0v) is 17.1. The van der Waals surface area contributed by atoms with Crippen LogP contribution in [-0.2, 0) is 9.53 Å². The summed E-state index contributed by atoms with van der Waals surface area (Å²) >= 11 is 9.30. The standard InChI is InChI=1S/C19H16BrClFNO5/c1-10(18(24)23-15-4-3-12(20)9-14(15)22)28-19(25)11-7-13(21)17-16(8-11)26-5-2-6-27-17/h3-4,7-10H,2,5-6H2,1H3,(H,23,24). The first-order valence-electron chi connectivity index (χ1n) is 8.41. The molecular weight excluding hydrogens is 457 g/mol. The van der Waals surface area contributed by atoms with Crippen molar-refractivity contribution in [2.45, 2.75) is 19.4 Å². The summed E-state index contributed by atoms with van der Waals surface area (Å²) in [6.07, 6.45) is -0.473. The number of hydrogen-bond donors (Lipinski definition) is 1. The predicted molar refractivity (Wildman–Crippen MR) is 105 cm³/mol. The number of nitrogens with one attached hydrogen (secondary N) is 1. The normalized spacial score (nSPS) is 14.0. The Morgan fingerprint density at radius 1 is 1.25 bits per heavy atom. The van der Waals surface area contributed by atoms with Gasteiger partial charge in [0.05, 0.1) is 29.5 Å². The zero-order valence-electron chi connectivity index (χ0n) is 14.8. The average molecular weight is 473 g/mol. The molecule has 0 aliphatic carbocycles. The zero-order chi connectivity index (χ0) is 20.3. The minimum Gasteiger partial charge on any atom is -0.489 e. The molecule has 1 unspecified atom stereocenters. The van der Waals surface area contributed by atoms with Crippen LogP contribution in [0.1, 0.15) is 23.7 Å². The maximum Gasteiger partial charge on any atom is 0.339 e. The highest BCUT2D eigenvalue weighted by atomic mass is 79.9. The van der Waals surface area contributed by atoms with E-state index in [1.165, 1.54) is 31.2 Å². The molecule has 0 fully saturated rings. The third kappa shape index (κ3) is 4.74. The number of ether oxygens (including phenoxy) is 3. The predicted octanol–water partition coefficient (Wildman–Crippen LogP) is 4.59. The minimum atomic E-state index is -1.16. The molecule has 1 aliphatic rings. The monoisotopic (exact) mass is 471 g/mol. The Morgan fingerprint density at radius 2 is 2.00 bits per heavy atom. The molecule has 1 atom stereocenters. The second-order valence-electron chi connectivity index (χ2n) is 6.00. The van der Waals surface area contributed by atoms with Crippen LogP contribution in [0.4, 0.5) is 10.1 Å². The summed E-state index contributed by atoms with van der Waals surface area (Å²) in [6, 6.07) is 7.03. The van der Waals surface area contributed by atoms with Gasteiger partial charge in [-0.1, -0.05) is 27.5 Å². The molecule has 1 N–H and O–H groups in total. The van der Waals surface area contributed by atoms with Crippen LogP contribution < -0.4 is 14.8 Å². The molecule has 0 bridgehead atoms. The molecule has 2 aromatic carbocycles. The lowest BCUT2D eigenvalue weighted by atomic mass is 10.2. The summed E-state index contributed by atoms with van der Waals surface area (Å²) in [5, 5.41) is 2.59. The number of anilines is 1. The Labute approximate surface area is 174 Å². The van der Waals surface area contributed by atoms with Crippen LogP contribution in [-0.4, -0.2) is 31.2 Å². The summed E-state index contributed by atoms with van der Waals surface area (Å²) in [7, 11) is 0. The fourth-order valence-electron chi connectivity index (χ4n) is 2.46. The van der Waals surface area contributed by atoms with Crippen LogP contribution in [0.2, 0.25) is 5.02 Å². The van der Waals surface area contributed by atoms with E-state index >= 15 is 0 Å². The number of rotatable bonds is 4. The van der Waals surface area contributed by atoms with Crippen LogP contribution >= 0.6 is 27.5 Å². The number of esters is 1. The maximum atomic E-state index is 13.8. The minimum absolute atomic E-state index is 0.0188. The number of carbonyl (C=O) groups is 2. The van der Waals surface area contributed by atoms with Crippen LogP contribution in [0.15, 0.2) is 34.8 Å². The lowest BCUT2D eigenvalue weighted by Crippen LogP contribution is -2.30. The summed E-state index contributed by atoms with van der Waals surface area (Å²) in [5.74, 6) is -1.35. The van der Waals surface area contributed by atoms with Gasteiger partial charge in [-0.3, -0.25) is 4.79 Å². The number of hydrogen-bond acceptors (Lipinski definition) is 5. The second kappa shape index (κ2) is 8.79. The fourth-order valence-corrected chi connectivity index (χ4v) is 3.05. The molecule has 9 heteroatoms. The van der Waals surface area contributed by atoms with E-state index in [-0.39, 0.29) is 16.3 Å². The lowest BCUT2D eigenvalue weighted by molar-refractivity contribution is -0.123. The Morgan fingerprint density at radius 3 is 2.75 bits per heavy atom. The number of carbonyl (C=O) groups excluding carboxylic acids is 2. The second-order valence-corrected chi connectivity index (χ2v) is 7.32. The highest BCUT2D eigenvalue weighted by Gasteiger charge is 2.23. The van der Waals surface area contributed by atoms with Crippen molar-refractivity contribution in [3.05, 3.63) is 51.2 Å². The van der Waals surface area contributed by atoms with Gasteiger partial charge in [0, 0.05) is 10.9 Å². The molecule has 0 radical (unpaired) electrons. The Kier molecular flexibility index (Phi) is 6.41. The van der Waals surface area contributed by atoms with Gasteiger partial charge in [0.15, 0.2) is 17.6 Å². The van der Waals surface area contributed by atoms with Crippen molar-refractivity contribution in [3.8, 4) is 11.5 Å². The topological polar surface area (TPSA) is 73.9 Å². The molecule has 1 amide bonds. The van der Waals surface area contributed by atoms with Gasteiger partial charge in [0.2, 0.25) is 0 Å². The SMILES string of the molecule is CC(OC(=O)c1cc(Cl)c2c(c1)OCCCO2)C(=O)Nc1ccc(Br)cc1F. The number of fused-ring (bicyclic) bond motifs is 1. The molecule has 0 aromatic heterocycles. The summed E-state index contributed by atoms with van der Waals surface area (Å²) < 4.78 is 30.6. The molecule has 0 spiro atoms. The smallest absolute Gasteiger partial charge is 0.339 e. The van der Waals surface area contributed by atoms with Crippen molar-refractivity contribution in [3.63, 3.8) is 0 Å². The van der Waals surface area contributed by atoms with Gasteiger partial charge in [0.25, 0.3) is 5.91 Å². The van der Waals surface area contributed by atoms with Crippen LogP contribution in [0, 0.1) is 5.82 Å². The van der Waals surface area contributed by atoms with Crippen molar-refractivity contribution >= 4 is 45.1 Å². The van der Waals surface area contributed by atoms with Crippen LogP contribution in [0.25, 0.3) is 0 Å². The van der Waals surface area contributed by atoms with Gasteiger partial charge < -0.3 is 19.5 Å². The molecule has 1 aliphatic heterocycles. The van der Waals surface area contributed by atoms with E-state index in [0.717, 1.165) is 0 Å². The molecular formula is C19H16BrClFNO5. The van der Waals surface area contributed by atoms with Gasteiger partial charge >= 0.3 is 5.97 Å². The van der Waals surface area contributed by atoms with Crippen molar-refractivity contribution < 1.29 is 28.2 Å². The fraction of sp³-hybridized carbons (Fsp3) is 0.263. The molecule has 2 aromatic rings. The van der Waals surface area contributed by atoms with Crippen molar-refractivity contribution in [1.29, 1.82) is 0 Å². The molecule has 0 saturated carbocycles. The Balaban J connectivity index is 1.69. The molecule has 148 valence electrons. The van der Waals surface area contributed by atoms with E-state index < -0.39 is 23.8 Å². The van der Waals surface area contributed by atoms with Gasteiger partial charge in [-0.25, -0.2) is 9.18 Å². The van der Waals surface area contributed by atoms with E-state index in [1.807, 2.05) is 0 Å². The van der Waals surface area contributed by atoms with Gasteiger partial charge in [0.1, 0.15) is 5.82 Å². The van der Waals surface area contributed by atoms with Crippen LogP contribution in [0.5, 0.6) is 11.5 Å². The quantitative estimate of drug-likeness (QED) is 0.659. The van der Waals surface area contributed by atoms with Crippen molar-refractivity contribution in [1.82, 2.24) is 0 Å². The third-order valence-corrected chi connectivity index (χ3v) is 4.65. The first-order chi connectivity index (χ1) is 13.3. The van der Waals surface area contributed by atoms with E-state index in [2.05, 4.69) is 21.2 Å². The van der Waals surface area contributed by atoms with Crippen molar-refractivity contribution in [2.75, 3.05) is 18.5 Å². The van der Waals surface area contributed by atoms with E-state index in [4.69, 9.17) is 25.8 Å². The van der Waals surface area contributed by atoms with Gasteiger partial charge in [-0.2, -0.15) is 0 Å². The first-order valence-corrected chi connectivity index (χ1v) is 9.58. The number of benzene rings is 2. The Bertz CT molecular complexity index is 923. The highest BCUT2D eigenvalue weighted by Crippen LogP contribution is 2.38. The summed E-state index contributed by atoms with van der Waals surface area (Å²) in [4.78, 5) is 24.6. The van der Waals surface area contributed by atoms with E-state index in [1.54, 1.807) is 6.07 Å². The number of halogens is 3. The molecule has 1 heterocycles. The maximum absolute atomic E-state index is 13.8.